The summed E-state index contributed by atoms with van der Waals surface area (Å²) < 4.78 is 21.6. The van der Waals surface area contributed by atoms with Crippen molar-refractivity contribution in [2.75, 3.05) is 26.1 Å². The summed E-state index contributed by atoms with van der Waals surface area (Å²) in [4.78, 5) is 36.3. The van der Waals surface area contributed by atoms with E-state index in [4.69, 9.17) is 24.2 Å². The van der Waals surface area contributed by atoms with Crippen LogP contribution in [0.3, 0.4) is 0 Å². The maximum Gasteiger partial charge on any atom is 0.269 e. The Labute approximate surface area is 460 Å². The number of aliphatic hydroxyl groups excluding tert-OH is 2. The van der Waals surface area contributed by atoms with Crippen LogP contribution in [0.25, 0.3) is 10.8 Å². The number of ether oxygens (including phenoxy) is 3. The van der Waals surface area contributed by atoms with Crippen LogP contribution in [-0.4, -0.2) is 69.6 Å². The van der Waals surface area contributed by atoms with Crippen molar-refractivity contribution in [3.05, 3.63) is 160 Å². The fraction of sp³-hybridized carbons (Fsp3) is 0.469. The minimum atomic E-state index is -1.45. The molecule has 1 fully saturated rings. The number of nitro groups is 1. The number of allylic oxidation sites excluding steroid dienone is 1. The van der Waals surface area contributed by atoms with Gasteiger partial charge < -0.3 is 34.2 Å². The summed E-state index contributed by atoms with van der Waals surface area (Å²) in [6.45, 7) is 7.04. The number of thioether (sulfide) groups is 1. The molecule has 2 N–H and O–H groups in total. The molecule has 5 aromatic rings. The normalized spacial score (nSPS) is 20.9. The van der Waals surface area contributed by atoms with E-state index in [0.29, 0.717) is 42.2 Å². The smallest absolute Gasteiger partial charge is 0.269 e. The highest BCUT2D eigenvalue weighted by molar-refractivity contribution is 7.98. The molecule has 1 aliphatic heterocycles. The van der Waals surface area contributed by atoms with E-state index in [1.165, 1.54) is 44.2 Å². The molecular weight excluding hydrogens is 987 g/mol. The SMILES string of the molecule is C=CCO[C@@]12Oc3ccc(Oc4ccc(SC)cc4)cc3[C@H]3[C@H](CCCCO)[C@@H](CCCCO)C=C(C(=NOCc4ccc([N+](=O)[O-])cc4)C[C@@H]1N(Cc1cccc4ccccc14)C(=O)CCCCCCCCCCC)[C@H]32. The Morgan fingerprint density at radius 3 is 2.27 bits per heavy atom. The van der Waals surface area contributed by atoms with Gasteiger partial charge in [-0.05, 0) is 132 Å². The molecule has 13 heteroatoms. The molecule has 0 spiro atoms. The van der Waals surface area contributed by atoms with Crippen LogP contribution in [0.2, 0.25) is 0 Å². The third kappa shape index (κ3) is 14.2. The number of amides is 1. The summed E-state index contributed by atoms with van der Waals surface area (Å²) in [6, 6.07) is 34.2. The summed E-state index contributed by atoms with van der Waals surface area (Å²) in [5.41, 5.74) is 4.28. The zero-order valence-electron chi connectivity index (χ0n) is 45.2. The maximum absolute atomic E-state index is 15.6. The Morgan fingerprint density at radius 2 is 1.56 bits per heavy atom. The van der Waals surface area contributed by atoms with Crippen molar-refractivity contribution in [3.8, 4) is 17.2 Å². The first-order chi connectivity index (χ1) is 37.7. The molecule has 1 amide bonds. The lowest BCUT2D eigenvalue weighted by Gasteiger charge is -2.60. The number of hydrogen-bond donors (Lipinski definition) is 2. The largest absolute Gasteiger partial charge is 0.459 e. The molecule has 12 nitrogen and oxygen atoms in total. The lowest BCUT2D eigenvalue weighted by atomic mass is 9.55. The van der Waals surface area contributed by atoms with Crippen molar-refractivity contribution in [2.45, 2.75) is 152 Å². The van der Waals surface area contributed by atoms with Gasteiger partial charge in [-0.3, -0.25) is 14.9 Å². The summed E-state index contributed by atoms with van der Waals surface area (Å²) in [6.07, 6.45) is 21.3. The Bertz CT molecular complexity index is 2780. The second-order valence-electron chi connectivity index (χ2n) is 21.0. The molecule has 0 bridgehead atoms. The van der Waals surface area contributed by atoms with Gasteiger partial charge in [-0.2, -0.15) is 0 Å². The fourth-order valence-corrected chi connectivity index (χ4v) is 12.5. The molecule has 0 radical (unpaired) electrons. The molecule has 2 aliphatic carbocycles. The quantitative estimate of drug-likeness (QED) is 0.0144. The van der Waals surface area contributed by atoms with E-state index < -0.39 is 22.7 Å². The van der Waals surface area contributed by atoms with Gasteiger partial charge in [0.15, 0.2) is 0 Å². The monoisotopic (exact) mass is 1070 g/mol. The van der Waals surface area contributed by atoms with Crippen LogP contribution in [0.4, 0.5) is 5.69 Å². The molecule has 0 aromatic heterocycles. The van der Waals surface area contributed by atoms with E-state index in [1.807, 2.05) is 59.7 Å². The number of aliphatic hydroxyl groups is 2. The predicted molar refractivity (Wildman–Crippen MR) is 307 cm³/mol. The van der Waals surface area contributed by atoms with Crippen molar-refractivity contribution in [3.63, 3.8) is 0 Å². The molecule has 5 aromatic carbocycles. The van der Waals surface area contributed by atoms with Gasteiger partial charge in [0.2, 0.25) is 11.7 Å². The third-order valence-electron chi connectivity index (χ3n) is 15.9. The van der Waals surface area contributed by atoms with Crippen LogP contribution in [0.1, 0.15) is 139 Å². The number of oxime groups is 1. The number of nitro benzene ring substituents is 1. The van der Waals surface area contributed by atoms with Crippen molar-refractivity contribution in [1.29, 1.82) is 0 Å². The average molecular weight is 1070 g/mol. The standard InChI is InChI=1S/C64H79N3O9S/c1-4-6-7-8-9-10-11-12-13-27-61(70)66(44-49-24-20-23-47-21-14-15-25-54(47)49)60-43-58(65-74-45-46-28-30-50(31-29-46)67(71)72)56-41-48(22-16-18-38-68)55(26-17-19-39-69)62-57-42-52(75-51-32-35-53(77-3)36-33-51)34-37-59(57)76-64(60,63(56)62)73-40-5-2/h5,14-15,20-21,23-25,28-37,41-42,48,55,60,62-63,68-69H,2,4,6-13,16-19,22,26-27,38-40,43-45H2,1,3H3/t48-,55+,60-,62+,63+,64+/m0/s1. The summed E-state index contributed by atoms with van der Waals surface area (Å²) in [5.74, 6) is -0.148. The lowest BCUT2D eigenvalue weighted by Crippen LogP contribution is -2.70. The van der Waals surface area contributed by atoms with E-state index in [9.17, 15) is 20.3 Å². The average Bonchev–Trinajstić information content (AvgIpc) is 3.47. The molecule has 0 saturated heterocycles. The Balaban J connectivity index is 1.29. The van der Waals surface area contributed by atoms with Crippen LogP contribution in [0.5, 0.6) is 17.2 Å². The van der Waals surface area contributed by atoms with Crippen LogP contribution in [-0.2, 0) is 27.5 Å². The third-order valence-corrected chi connectivity index (χ3v) is 16.6. The molecule has 1 heterocycles. The van der Waals surface area contributed by atoms with Gasteiger partial charge in [0.05, 0.1) is 23.2 Å². The van der Waals surface area contributed by atoms with Crippen LogP contribution < -0.4 is 9.47 Å². The van der Waals surface area contributed by atoms with Gasteiger partial charge in [-0.15, -0.1) is 18.3 Å². The number of unbranched alkanes of at least 4 members (excludes halogenated alkanes) is 10. The first-order valence-electron chi connectivity index (χ1n) is 28.2. The molecule has 77 heavy (non-hydrogen) atoms. The fourth-order valence-electron chi connectivity index (χ4n) is 12.1. The van der Waals surface area contributed by atoms with Gasteiger partial charge >= 0.3 is 0 Å². The number of carbonyl (C=O) groups is 1. The number of rotatable bonds is 31. The zero-order valence-corrected chi connectivity index (χ0v) is 46.0. The highest BCUT2D eigenvalue weighted by atomic mass is 32.2. The van der Waals surface area contributed by atoms with Crippen molar-refractivity contribution >= 4 is 39.8 Å². The highest BCUT2D eigenvalue weighted by Gasteiger charge is 2.65. The minimum Gasteiger partial charge on any atom is -0.459 e. The topological polar surface area (TPSA) is 153 Å². The first kappa shape index (κ1) is 57.2. The number of benzene rings is 5. The van der Waals surface area contributed by atoms with Gasteiger partial charge in [-0.25, -0.2) is 0 Å². The highest BCUT2D eigenvalue weighted by Crippen LogP contribution is 2.62. The second-order valence-corrected chi connectivity index (χ2v) is 21.9. The first-order valence-corrected chi connectivity index (χ1v) is 29.5. The van der Waals surface area contributed by atoms with Gasteiger partial charge in [0.25, 0.3) is 5.69 Å². The maximum atomic E-state index is 15.6. The Morgan fingerprint density at radius 1 is 0.857 bits per heavy atom. The van der Waals surface area contributed by atoms with E-state index in [1.54, 1.807) is 30.0 Å². The van der Waals surface area contributed by atoms with Crippen molar-refractivity contribution in [2.24, 2.45) is 22.9 Å². The van der Waals surface area contributed by atoms with E-state index in [0.717, 1.165) is 89.3 Å². The van der Waals surface area contributed by atoms with Crippen LogP contribution in [0.15, 0.2) is 144 Å². The molecule has 8 rings (SSSR count). The van der Waals surface area contributed by atoms with E-state index >= 15 is 4.79 Å². The summed E-state index contributed by atoms with van der Waals surface area (Å²) in [7, 11) is 0. The Hall–Kier alpha value is -5.99. The minimum absolute atomic E-state index is 0.00501. The van der Waals surface area contributed by atoms with Crippen LogP contribution in [0, 0.1) is 27.9 Å². The van der Waals surface area contributed by atoms with Crippen molar-refractivity contribution in [1.82, 2.24) is 4.90 Å². The zero-order chi connectivity index (χ0) is 54.0. The summed E-state index contributed by atoms with van der Waals surface area (Å²) >= 11 is 1.67. The second kappa shape index (κ2) is 28.6. The van der Waals surface area contributed by atoms with Gasteiger partial charge in [0, 0.05) is 61.1 Å². The number of non-ortho nitro benzene ring substituents is 1. The van der Waals surface area contributed by atoms with Crippen molar-refractivity contribution < 1.29 is 39.0 Å². The number of nitrogens with zero attached hydrogens (tertiary/aromatic N) is 3. The molecule has 6 atom stereocenters. The molecular formula is C64H79N3O9S. The van der Waals surface area contributed by atoms with Crippen LogP contribution >= 0.6 is 11.8 Å². The van der Waals surface area contributed by atoms with E-state index in [-0.39, 0.29) is 68.7 Å². The molecule has 1 saturated carbocycles. The Kier molecular flexibility index (Phi) is 21.2. The summed E-state index contributed by atoms with van der Waals surface area (Å²) in [5, 5.41) is 39.1. The van der Waals surface area contributed by atoms with Gasteiger partial charge in [0.1, 0.15) is 29.9 Å². The molecule has 410 valence electrons. The number of fused-ring (bicyclic) bond motifs is 3. The lowest BCUT2D eigenvalue weighted by molar-refractivity contribution is -0.384. The molecule has 0 unspecified atom stereocenters. The number of carbonyl (C=O) groups excluding carboxylic acids is 1. The predicted octanol–water partition coefficient (Wildman–Crippen LogP) is 15.0. The molecule has 3 aliphatic rings. The van der Waals surface area contributed by atoms with E-state index in [2.05, 4.69) is 56.0 Å². The van der Waals surface area contributed by atoms with Gasteiger partial charge in [-0.1, -0.05) is 131 Å². The number of hydrogen-bond acceptors (Lipinski definition) is 11.